The van der Waals surface area contributed by atoms with Crippen LogP contribution in [0.2, 0.25) is 0 Å². The first kappa shape index (κ1) is 16.3. The molecule has 2 aromatic carbocycles. The summed E-state index contributed by atoms with van der Waals surface area (Å²) in [6.07, 6.45) is 0. The third-order valence-electron chi connectivity index (χ3n) is 4.80. The maximum absolute atomic E-state index is 13.2. The van der Waals surface area contributed by atoms with Gasteiger partial charge in [0.15, 0.2) is 5.76 Å². The zero-order chi connectivity index (χ0) is 18.6. The molecule has 26 heavy (non-hydrogen) atoms. The summed E-state index contributed by atoms with van der Waals surface area (Å²) in [6, 6.07) is 5.11. The molecule has 0 aliphatic carbocycles. The normalized spacial score (nSPS) is 12.3. The Balaban J connectivity index is 2.21. The van der Waals surface area contributed by atoms with Gasteiger partial charge in [0.1, 0.15) is 34.8 Å². The predicted octanol–water partition coefficient (Wildman–Crippen LogP) is 3.69. The van der Waals surface area contributed by atoms with Gasteiger partial charge in [-0.15, -0.1) is 0 Å². The summed E-state index contributed by atoms with van der Waals surface area (Å²) >= 11 is 0. The number of fused-ring (bicyclic) bond motifs is 4. The van der Waals surface area contributed by atoms with Crippen LogP contribution in [0, 0.1) is 13.8 Å². The van der Waals surface area contributed by atoms with Crippen molar-refractivity contribution in [2.24, 2.45) is 0 Å². The number of hydrogen-bond donors (Lipinski definition) is 1. The number of aromatic hydroxyl groups is 1. The van der Waals surface area contributed by atoms with E-state index in [0.717, 1.165) is 5.56 Å². The molecule has 1 aliphatic heterocycles. The van der Waals surface area contributed by atoms with Gasteiger partial charge in [0.25, 0.3) is 0 Å². The smallest absolute Gasteiger partial charge is 0.239 e. The number of aryl methyl sites for hydroxylation is 1. The first-order chi connectivity index (χ1) is 12.5. The van der Waals surface area contributed by atoms with Crippen LogP contribution in [0.15, 0.2) is 27.4 Å². The molecule has 0 amide bonds. The van der Waals surface area contributed by atoms with Crippen LogP contribution in [0.25, 0.3) is 22.3 Å². The van der Waals surface area contributed by atoms with Crippen LogP contribution in [0.3, 0.4) is 0 Å². The standard InChI is InChI=1S/C20H18O6/c1-9-16(23-3)10(2)18-14(17(9)24-4)15(22)20-19(26-18)13-11(8-25-20)6-5-7-12(13)21/h5-7,21H,8H2,1-4H3. The summed E-state index contributed by atoms with van der Waals surface area (Å²) in [5, 5.41) is 10.6. The molecule has 134 valence electrons. The highest BCUT2D eigenvalue weighted by Gasteiger charge is 2.30. The molecule has 1 N–H and O–H groups in total. The van der Waals surface area contributed by atoms with E-state index in [-0.39, 0.29) is 29.3 Å². The van der Waals surface area contributed by atoms with Crippen molar-refractivity contribution in [3.8, 4) is 34.3 Å². The van der Waals surface area contributed by atoms with Crippen LogP contribution >= 0.6 is 0 Å². The van der Waals surface area contributed by atoms with Gasteiger partial charge in [-0.3, -0.25) is 4.79 Å². The van der Waals surface area contributed by atoms with Crippen molar-refractivity contribution in [2.75, 3.05) is 14.2 Å². The number of phenols is 1. The van der Waals surface area contributed by atoms with Crippen molar-refractivity contribution < 1.29 is 23.7 Å². The lowest BCUT2D eigenvalue weighted by molar-refractivity contribution is 0.288. The predicted molar refractivity (Wildman–Crippen MR) is 96.5 cm³/mol. The fourth-order valence-electron chi connectivity index (χ4n) is 3.64. The molecule has 0 fully saturated rings. The van der Waals surface area contributed by atoms with Crippen LogP contribution < -0.4 is 19.6 Å². The van der Waals surface area contributed by atoms with Crippen LogP contribution in [0.5, 0.6) is 23.0 Å². The van der Waals surface area contributed by atoms with Crippen molar-refractivity contribution in [1.82, 2.24) is 0 Å². The molecule has 6 heteroatoms. The second kappa shape index (κ2) is 5.69. The highest BCUT2D eigenvalue weighted by molar-refractivity contribution is 5.93. The van der Waals surface area contributed by atoms with Gasteiger partial charge in [-0.2, -0.15) is 0 Å². The van der Waals surface area contributed by atoms with Gasteiger partial charge in [-0.05, 0) is 19.9 Å². The summed E-state index contributed by atoms with van der Waals surface area (Å²) in [6.45, 7) is 3.83. The van der Waals surface area contributed by atoms with Crippen molar-refractivity contribution in [1.29, 1.82) is 0 Å². The molecule has 0 spiro atoms. The zero-order valence-corrected chi connectivity index (χ0v) is 14.9. The molecule has 1 aromatic heterocycles. The minimum atomic E-state index is -0.333. The van der Waals surface area contributed by atoms with E-state index in [9.17, 15) is 9.90 Å². The topological polar surface area (TPSA) is 78.1 Å². The van der Waals surface area contributed by atoms with E-state index in [2.05, 4.69) is 0 Å². The van der Waals surface area contributed by atoms with Crippen LogP contribution in [0.4, 0.5) is 0 Å². The van der Waals surface area contributed by atoms with Gasteiger partial charge in [0, 0.05) is 16.7 Å². The molecule has 0 saturated heterocycles. The van der Waals surface area contributed by atoms with E-state index >= 15 is 0 Å². The quantitative estimate of drug-likeness (QED) is 0.756. The van der Waals surface area contributed by atoms with Crippen molar-refractivity contribution >= 4 is 11.0 Å². The fourth-order valence-corrected chi connectivity index (χ4v) is 3.64. The molecule has 1 aliphatic rings. The third-order valence-corrected chi connectivity index (χ3v) is 4.80. The summed E-state index contributed by atoms with van der Waals surface area (Å²) in [5.41, 5.74) is 2.65. The Morgan fingerprint density at radius 2 is 1.81 bits per heavy atom. The number of methoxy groups -OCH3 is 2. The van der Waals surface area contributed by atoms with E-state index in [1.165, 1.54) is 7.11 Å². The second-order valence-corrected chi connectivity index (χ2v) is 6.21. The summed E-state index contributed by atoms with van der Waals surface area (Å²) in [5.74, 6) is 1.32. The fraction of sp³-hybridized carbons (Fsp3) is 0.250. The largest absolute Gasteiger partial charge is 0.507 e. The Bertz CT molecular complexity index is 1110. The number of benzene rings is 2. The maximum atomic E-state index is 13.2. The van der Waals surface area contributed by atoms with E-state index in [0.29, 0.717) is 39.2 Å². The molecule has 0 radical (unpaired) electrons. The summed E-state index contributed by atoms with van der Waals surface area (Å²) in [7, 11) is 3.05. The van der Waals surface area contributed by atoms with Crippen molar-refractivity contribution in [2.45, 2.75) is 20.5 Å². The molecule has 4 rings (SSSR count). The zero-order valence-electron chi connectivity index (χ0n) is 14.9. The van der Waals surface area contributed by atoms with E-state index in [1.807, 2.05) is 19.9 Å². The summed E-state index contributed by atoms with van der Waals surface area (Å²) < 4.78 is 22.7. The molecule has 3 aromatic rings. The molecule has 0 atom stereocenters. The van der Waals surface area contributed by atoms with E-state index < -0.39 is 0 Å². The van der Waals surface area contributed by atoms with Gasteiger partial charge in [0.05, 0.1) is 19.8 Å². The first-order valence-electron chi connectivity index (χ1n) is 8.15. The second-order valence-electron chi connectivity index (χ2n) is 6.21. The van der Waals surface area contributed by atoms with Crippen molar-refractivity contribution in [3.05, 3.63) is 45.1 Å². The molecular weight excluding hydrogens is 336 g/mol. The Hall–Kier alpha value is -3.15. The number of hydrogen-bond acceptors (Lipinski definition) is 6. The van der Waals surface area contributed by atoms with Gasteiger partial charge >= 0.3 is 0 Å². The van der Waals surface area contributed by atoms with E-state index in [4.69, 9.17) is 18.6 Å². The highest BCUT2D eigenvalue weighted by Crippen LogP contribution is 2.46. The summed E-state index contributed by atoms with van der Waals surface area (Å²) in [4.78, 5) is 13.2. The van der Waals surface area contributed by atoms with Crippen molar-refractivity contribution in [3.63, 3.8) is 0 Å². The Morgan fingerprint density at radius 3 is 2.50 bits per heavy atom. The number of rotatable bonds is 2. The average Bonchev–Trinajstić information content (AvgIpc) is 2.63. The molecule has 6 nitrogen and oxygen atoms in total. The van der Waals surface area contributed by atoms with Gasteiger partial charge in [-0.25, -0.2) is 0 Å². The minimum absolute atomic E-state index is 0.0400. The SMILES string of the molecule is COc1c(C)c(OC)c2c(=O)c3c(oc2c1C)-c1c(O)cccc1CO3. The highest BCUT2D eigenvalue weighted by atomic mass is 16.5. The van der Waals surface area contributed by atoms with Crippen LogP contribution in [0.1, 0.15) is 16.7 Å². The van der Waals surface area contributed by atoms with Crippen LogP contribution in [-0.2, 0) is 6.61 Å². The molecule has 0 saturated carbocycles. The lowest BCUT2D eigenvalue weighted by atomic mass is 9.98. The monoisotopic (exact) mass is 354 g/mol. The molecular formula is C20H18O6. The minimum Gasteiger partial charge on any atom is -0.507 e. The Kier molecular flexibility index (Phi) is 3.57. The van der Waals surface area contributed by atoms with Gasteiger partial charge < -0.3 is 23.7 Å². The van der Waals surface area contributed by atoms with Crippen LogP contribution in [-0.4, -0.2) is 19.3 Å². The average molecular weight is 354 g/mol. The number of ether oxygens (including phenoxy) is 3. The van der Waals surface area contributed by atoms with Gasteiger partial charge in [-0.1, -0.05) is 12.1 Å². The van der Waals surface area contributed by atoms with Gasteiger partial charge in [0.2, 0.25) is 11.2 Å². The lowest BCUT2D eigenvalue weighted by Gasteiger charge is -2.22. The first-order valence-corrected chi connectivity index (χ1v) is 8.15. The lowest BCUT2D eigenvalue weighted by Crippen LogP contribution is -2.16. The Morgan fingerprint density at radius 1 is 1.08 bits per heavy atom. The molecule has 0 unspecified atom stereocenters. The van der Waals surface area contributed by atoms with E-state index in [1.54, 1.807) is 19.2 Å². The Labute approximate surface area is 149 Å². The molecule has 2 heterocycles. The number of phenolic OH excluding ortho intramolecular Hbond substituents is 1. The third kappa shape index (κ3) is 2.02. The maximum Gasteiger partial charge on any atom is 0.239 e. The molecule has 0 bridgehead atoms.